The van der Waals surface area contributed by atoms with E-state index in [1.807, 2.05) is 33.9 Å². The summed E-state index contributed by atoms with van der Waals surface area (Å²) >= 11 is 0. The van der Waals surface area contributed by atoms with Gasteiger partial charge in [-0.15, -0.1) is 0 Å². The summed E-state index contributed by atoms with van der Waals surface area (Å²) in [5, 5.41) is 7.14. The van der Waals surface area contributed by atoms with Gasteiger partial charge in [0.25, 0.3) is 0 Å². The molecule has 1 saturated heterocycles. The third-order valence-electron chi connectivity index (χ3n) is 4.13. The SMILES string of the molecule is Cc1cc(CN2C(=O)C(C(C)C)NC(=O)C2(C)C)n(C)n1. The highest BCUT2D eigenvalue weighted by Crippen LogP contribution is 2.26. The van der Waals surface area contributed by atoms with E-state index in [2.05, 4.69) is 10.4 Å². The van der Waals surface area contributed by atoms with Crippen LogP contribution in [-0.2, 0) is 23.2 Å². The minimum Gasteiger partial charge on any atom is -0.342 e. The van der Waals surface area contributed by atoms with E-state index in [-0.39, 0.29) is 17.7 Å². The average Bonchev–Trinajstić information content (AvgIpc) is 2.68. The molecule has 116 valence electrons. The second kappa shape index (κ2) is 5.16. The smallest absolute Gasteiger partial charge is 0.246 e. The van der Waals surface area contributed by atoms with Gasteiger partial charge in [0.1, 0.15) is 11.6 Å². The fourth-order valence-corrected chi connectivity index (χ4v) is 2.65. The monoisotopic (exact) mass is 292 g/mol. The first-order valence-corrected chi connectivity index (χ1v) is 7.26. The molecule has 2 amide bonds. The van der Waals surface area contributed by atoms with E-state index in [4.69, 9.17) is 0 Å². The van der Waals surface area contributed by atoms with E-state index in [1.54, 1.807) is 23.4 Å². The summed E-state index contributed by atoms with van der Waals surface area (Å²) in [6.07, 6.45) is 0. The predicted octanol–water partition coefficient (Wildman–Crippen LogP) is 0.990. The molecule has 1 N–H and O–H groups in total. The van der Waals surface area contributed by atoms with Gasteiger partial charge in [-0.25, -0.2) is 0 Å². The lowest BCUT2D eigenvalue weighted by atomic mass is 9.91. The van der Waals surface area contributed by atoms with Crippen LogP contribution in [0.2, 0.25) is 0 Å². The average molecular weight is 292 g/mol. The maximum Gasteiger partial charge on any atom is 0.246 e. The molecule has 2 rings (SSSR count). The molecular formula is C15H24N4O2. The molecule has 0 spiro atoms. The Kier molecular flexibility index (Phi) is 3.82. The summed E-state index contributed by atoms with van der Waals surface area (Å²) in [5.41, 5.74) is 0.964. The van der Waals surface area contributed by atoms with Crippen molar-refractivity contribution in [3.05, 3.63) is 17.5 Å². The van der Waals surface area contributed by atoms with Gasteiger partial charge < -0.3 is 10.2 Å². The van der Waals surface area contributed by atoms with Crippen molar-refractivity contribution in [1.82, 2.24) is 20.0 Å². The van der Waals surface area contributed by atoms with Crippen molar-refractivity contribution >= 4 is 11.8 Å². The van der Waals surface area contributed by atoms with E-state index in [0.29, 0.717) is 6.54 Å². The van der Waals surface area contributed by atoms with E-state index >= 15 is 0 Å². The van der Waals surface area contributed by atoms with Gasteiger partial charge in [0, 0.05) is 7.05 Å². The fraction of sp³-hybridized carbons (Fsp3) is 0.667. The molecule has 0 saturated carbocycles. The Bertz CT molecular complexity index is 574. The molecule has 1 aliphatic rings. The molecule has 6 nitrogen and oxygen atoms in total. The van der Waals surface area contributed by atoms with Crippen LogP contribution in [0.5, 0.6) is 0 Å². The van der Waals surface area contributed by atoms with Crippen molar-refractivity contribution < 1.29 is 9.59 Å². The molecule has 1 aromatic rings. The first-order chi connectivity index (χ1) is 9.64. The zero-order chi connectivity index (χ0) is 15.9. The molecular weight excluding hydrogens is 268 g/mol. The maximum atomic E-state index is 12.7. The minimum absolute atomic E-state index is 0.0338. The van der Waals surface area contributed by atoms with Crippen molar-refractivity contribution in [3.63, 3.8) is 0 Å². The van der Waals surface area contributed by atoms with Crippen LogP contribution in [0, 0.1) is 12.8 Å². The van der Waals surface area contributed by atoms with Gasteiger partial charge >= 0.3 is 0 Å². The zero-order valence-electron chi connectivity index (χ0n) is 13.6. The highest BCUT2D eigenvalue weighted by atomic mass is 16.2. The van der Waals surface area contributed by atoms with E-state index in [9.17, 15) is 9.59 Å². The molecule has 21 heavy (non-hydrogen) atoms. The fourth-order valence-electron chi connectivity index (χ4n) is 2.65. The van der Waals surface area contributed by atoms with Crippen LogP contribution in [0.15, 0.2) is 6.07 Å². The van der Waals surface area contributed by atoms with Gasteiger partial charge in [0.2, 0.25) is 11.8 Å². The van der Waals surface area contributed by atoms with Crippen molar-refractivity contribution in [2.45, 2.75) is 52.7 Å². The van der Waals surface area contributed by atoms with Crippen LogP contribution in [0.25, 0.3) is 0 Å². The highest BCUT2D eigenvalue weighted by Gasteiger charge is 2.47. The second-order valence-corrected chi connectivity index (χ2v) is 6.58. The third-order valence-corrected chi connectivity index (χ3v) is 4.13. The summed E-state index contributed by atoms with van der Waals surface area (Å²) in [7, 11) is 1.85. The second-order valence-electron chi connectivity index (χ2n) is 6.58. The zero-order valence-corrected chi connectivity index (χ0v) is 13.6. The van der Waals surface area contributed by atoms with Crippen molar-refractivity contribution in [1.29, 1.82) is 0 Å². The topological polar surface area (TPSA) is 67.2 Å². The van der Waals surface area contributed by atoms with Crippen molar-refractivity contribution in [3.8, 4) is 0 Å². The Morgan fingerprint density at radius 1 is 1.38 bits per heavy atom. The number of nitrogens with zero attached hydrogens (tertiary/aromatic N) is 3. The molecule has 0 radical (unpaired) electrons. The number of nitrogens with one attached hydrogen (secondary N) is 1. The van der Waals surface area contributed by atoms with Gasteiger partial charge in [-0.1, -0.05) is 13.8 Å². The minimum atomic E-state index is -0.860. The number of amides is 2. The van der Waals surface area contributed by atoms with E-state index < -0.39 is 11.6 Å². The Morgan fingerprint density at radius 3 is 2.48 bits per heavy atom. The summed E-state index contributed by atoms with van der Waals surface area (Å²) in [6.45, 7) is 9.73. The molecule has 1 aliphatic heterocycles. The molecule has 0 bridgehead atoms. The van der Waals surface area contributed by atoms with Crippen LogP contribution in [-0.4, -0.2) is 38.1 Å². The molecule has 6 heteroatoms. The number of carbonyl (C=O) groups is 2. The number of aryl methyl sites for hydroxylation is 2. The lowest BCUT2D eigenvalue weighted by Crippen LogP contribution is -2.69. The molecule has 2 heterocycles. The Hall–Kier alpha value is -1.85. The van der Waals surface area contributed by atoms with Crippen molar-refractivity contribution in [2.75, 3.05) is 0 Å². The molecule has 1 atom stereocenters. The molecule has 1 fully saturated rings. The Balaban J connectivity index is 2.35. The largest absolute Gasteiger partial charge is 0.342 e. The summed E-state index contributed by atoms with van der Waals surface area (Å²) < 4.78 is 1.76. The maximum absolute atomic E-state index is 12.7. The number of hydrogen-bond donors (Lipinski definition) is 1. The normalized spacial score (nSPS) is 21.9. The van der Waals surface area contributed by atoms with Gasteiger partial charge in [-0.2, -0.15) is 5.10 Å². The van der Waals surface area contributed by atoms with Crippen LogP contribution < -0.4 is 5.32 Å². The number of rotatable bonds is 3. The van der Waals surface area contributed by atoms with Crippen LogP contribution in [0.1, 0.15) is 39.1 Å². The number of hydrogen-bond acceptors (Lipinski definition) is 3. The first-order valence-electron chi connectivity index (χ1n) is 7.26. The Labute approximate surface area is 125 Å². The third kappa shape index (κ3) is 2.66. The van der Waals surface area contributed by atoms with Crippen LogP contribution in [0.4, 0.5) is 0 Å². The lowest BCUT2D eigenvalue weighted by Gasteiger charge is -2.45. The first kappa shape index (κ1) is 15.5. The molecule has 0 aliphatic carbocycles. The van der Waals surface area contributed by atoms with Gasteiger partial charge in [0.05, 0.1) is 17.9 Å². The predicted molar refractivity (Wildman–Crippen MR) is 79.3 cm³/mol. The lowest BCUT2D eigenvalue weighted by molar-refractivity contribution is -0.157. The van der Waals surface area contributed by atoms with Crippen molar-refractivity contribution in [2.24, 2.45) is 13.0 Å². The number of aromatic nitrogens is 2. The van der Waals surface area contributed by atoms with Crippen LogP contribution in [0.3, 0.4) is 0 Å². The highest BCUT2D eigenvalue weighted by molar-refractivity contribution is 5.99. The summed E-state index contributed by atoms with van der Waals surface area (Å²) in [5.74, 6) is -0.0820. The molecule has 1 unspecified atom stereocenters. The van der Waals surface area contributed by atoms with Crippen LogP contribution >= 0.6 is 0 Å². The number of piperazine rings is 1. The quantitative estimate of drug-likeness (QED) is 0.903. The van der Waals surface area contributed by atoms with E-state index in [1.165, 1.54) is 0 Å². The van der Waals surface area contributed by atoms with Gasteiger partial charge in [-0.05, 0) is 32.8 Å². The Morgan fingerprint density at radius 2 is 2.00 bits per heavy atom. The van der Waals surface area contributed by atoms with E-state index in [0.717, 1.165) is 11.4 Å². The standard InChI is InChI=1S/C15H24N4O2/c1-9(2)12-13(20)19(15(4,5)14(21)16-12)8-11-7-10(3)17-18(11)6/h7,9,12H,8H2,1-6H3,(H,16,21). The number of carbonyl (C=O) groups excluding carboxylic acids is 2. The summed E-state index contributed by atoms with van der Waals surface area (Å²) in [6, 6.07) is 1.49. The van der Waals surface area contributed by atoms with Gasteiger partial charge in [-0.3, -0.25) is 14.3 Å². The van der Waals surface area contributed by atoms with Gasteiger partial charge in [0.15, 0.2) is 0 Å². The molecule has 1 aromatic heterocycles. The molecule has 0 aromatic carbocycles. The summed E-state index contributed by atoms with van der Waals surface area (Å²) in [4.78, 5) is 26.7.